The number of allylic oxidation sites excluding steroid dienone is 1. The fourth-order valence-corrected chi connectivity index (χ4v) is 5.43. The molecule has 0 saturated heterocycles. The first-order valence-corrected chi connectivity index (χ1v) is 13.1. The Morgan fingerprint density at radius 2 is 1.76 bits per heavy atom. The maximum absolute atomic E-state index is 13.5. The Morgan fingerprint density at radius 3 is 2.44 bits per heavy atom. The summed E-state index contributed by atoms with van der Waals surface area (Å²) in [6.45, 7) is 0.440. The monoisotopic (exact) mass is 486 g/mol. The number of rotatable bonds is 12. The molecule has 3 rings (SSSR count). The lowest BCUT2D eigenvalue weighted by Gasteiger charge is -2.22. The Bertz CT molecular complexity index is 1080. The first-order chi connectivity index (χ1) is 16.4. The zero-order valence-electron chi connectivity index (χ0n) is 20.0. The third-order valence-electron chi connectivity index (χ3n) is 5.96. The minimum atomic E-state index is -3.94. The number of ether oxygens (including phenoxy) is 2. The number of carbonyl (C=O) groups is 1. The van der Waals surface area contributed by atoms with E-state index in [1.165, 1.54) is 49.1 Å². The number of carbonyl (C=O) groups excluding carboxylic acids is 1. The van der Waals surface area contributed by atoms with E-state index in [0.717, 1.165) is 24.8 Å². The van der Waals surface area contributed by atoms with E-state index < -0.39 is 10.0 Å². The van der Waals surface area contributed by atoms with Crippen LogP contribution in [0.3, 0.4) is 0 Å². The Kier molecular flexibility index (Phi) is 9.53. The molecule has 1 aliphatic carbocycles. The van der Waals surface area contributed by atoms with E-state index in [9.17, 15) is 13.2 Å². The molecular weight excluding hydrogens is 452 g/mol. The number of methoxy groups -OCH3 is 2. The molecule has 0 radical (unpaired) electrons. The van der Waals surface area contributed by atoms with Crippen molar-refractivity contribution in [3.63, 3.8) is 0 Å². The highest BCUT2D eigenvalue weighted by molar-refractivity contribution is 7.89. The van der Waals surface area contributed by atoms with E-state index in [2.05, 4.69) is 11.4 Å². The van der Waals surface area contributed by atoms with Crippen LogP contribution in [0.1, 0.15) is 37.7 Å². The second kappa shape index (κ2) is 12.6. The quantitative estimate of drug-likeness (QED) is 0.459. The van der Waals surface area contributed by atoms with Crippen LogP contribution in [0.5, 0.6) is 11.5 Å². The van der Waals surface area contributed by atoms with Gasteiger partial charge in [-0.15, -0.1) is 0 Å². The highest BCUT2D eigenvalue weighted by Gasteiger charge is 2.27. The Labute approximate surface area is 202 Å². The molecular formula is C26H34N2O5S. The number of hydrogen-bond acceptors (Lipinski definition) is 5. The van der Waals surface area contributed by atoms with Gasteiger partial charge in [0.2, 0.25) is 15.9 Å². The molecule has 0 heterocycles. The van der Waals surface area contributed by atoms with Crippen LogP contribution < -0.4 is 14.8 Å². The van der Waals surface area contributed by atoms with Crippen molar-refractivity contribution < 1.29 is 22.7 Å². The number of nitrogens with zero attached hydrogens (tertiary/aromatic N) is 1. The Morgan fingerprint density at radius 1 is 1.00 bits per heavy atom. The largest absolute Gasteiger partial charge is 0.493 e. The molecule has 2 aromatic carbocycles. The van der Waals surface area contributed by atoms with E-state index in [4.69, 9.17) is 9.47 Å². The number of amides is 1. The van der Waals surface area contributed by atoms with Crippen molar-refractivity contribution in [2.45, 2.75) is 43.4 Å². The van der Waals surface area contributed by atoms with Crippen molar-refractivity contribution in [3.8, 4) is 11.5 Å². The molecule has 8 heteroatoms. The van der Waals surface area contributed by atoms with Crippen LogP contribution in [0, 0.1) is 0 Å². The topological polar surface area (TPSA) is 84.9 Å². The van der Waals surface area contributed by atoms with Gasteiger partial charge in [-0.3, -0.25) is 4.79 Å². The molecule has 1 aliphatic rings. The number of sulfonamides is 1. The van der Waals surface area contributed by atoms with Gasteiger partial charge in [-0.25, -0.2) is 8.42 Å². The molecule has 0 atom stereocenters. The first kappa shape index (κ1) is 25.8. The molecule has 1 amide bonds. The third-order valence-corrected chi connectivity index (χ3v) is 7.80. The zero-order chi connectivity index (χ0) is 24.4. The smallest absolute Gasteiger partial charge is 0.243 e. The summed E-state index contributed by atoms with van der Waals surface area (Å²) in [5, 5.41) is 2.89. The number of hydrogen-bond donors (Lipinski definition) is 1. The molecule has 2 aromatic rings. The summed E-state index contributed by atoms with van der Waals surface area (Å²) in [6.07, 6.45) is 8.14. The normalized spacial score (nSPS) is 13.9. The third kappa shape index (κ3) is 7.08. The zero-order valence-corrected chi connectivity index (χ0v) is 20.8. The molecule has 7 nitrogen and oxygen atoms in total. The summed E-state index contributed by atoms with van der Waals surface area (Å²) in [4.78, 5) is 12.8. The minimum Gasteiger partial charge on any atom is -0.493 e. The highest BCUT2D eigenvalue weighted by Crippen LogP contribution is 2.30. The molecule has 1 N–H and O–H groups in total. The average molecular weight is 487 g/mol. The summed E-state index contributed by atoms with van der Waals surface area (Å²) >= 11 is 0. The van der Waals surface area contributed by atoms with Gasteiger partial charge in [0, 0.05) is 19.2 Å². The van der Waals surface area contributed by atoms with Crippen LogP contribution in [0.15, 0.2) is 65.1 Å². The molecule has 184 valence electrons. The van der Waals surface area contributed by atoms with Crippen LogP contribution in [-0.2, 0) is 21.2 Å². The van der Waals surface area contributed by atoms with Crippen LogP contribution in [0.2, 0.25) is 0 Å². The minimum absolute atomic E-state index is 0.0540. The molecule has 0 bridgehead atoms. The van der Waals surface area contributed by atoms with E-state index >= 15 is 0 Å². The maximum atomic E-state index is 13.5. The molecule has 0 unspecified atom stereocenters. The van der Waals surface area contributed by atoms with Crippen LogP contribution in [0.25, 0.3) is 0 Å². The second-order valence-electron chi connectivity index (χ2n) is 8.30. The van der Waals surface area contributed by atoms with Gasteiger partial charge in [0.25, 0.3) is 0 Å². The van der Waals surface area contributed by atoms with Crippen molar-refractivity contribution in [2.24, 2.45) is 0 Å². The first-order valence-electron chi connectivity index (χ1n) is 11.6. The molecule has 0 fully saturated rings. The highest BCUT2D eigenvalue weighted by atomic mass is 32.2. The molecule has 0 spiro atoms. The lowest BCUT2D eigenvalue weighted by atomic mass is 9.97. The predicted molar refractivity (Wildman–Crippen MR) is 133 cm³/mol. The van der Waals surface area contributed by atoms with Crippen molar-refractivity contribution in [1.82, 2.24) is 9.62 Å². The van der Waals surface area contributed by atoms with Gasteiger partial charge in [0.15, 0.2) is 11.5 Å². The van der Waals surface area contributed by atoms with Gasteiger partial charge < -0.3 is 14.8 Å². The average Bonchev–Trinajstić information content (AvgIpc) is 2.87. The second-order valence-corrected chi connectivity index (χ2v) is 10.2. The van der Waals surface area contributed by atoms with E-state index in [1.54, 1.807) is 6.07 Å². The summed E-state index contributed by atoms with van der Waals surface area (Å²) < 4.78 is 38.8. The van der Waals surface area contributed by atoms with E-state index in [0.29, 0.717) is 24.5 Å². The van der Waals surface area contributed by atoms with Crippen LogP contribution in [0.4, 0.5) is 0 Å². The van der Waals surface area contributed by atoms with Gasteiger partial charge >= 0.3 is 0 Å². The molecule has 0 saturated carbocycles. The fraction of sp³-hybridized carbons (Fsp3) is 0.423. The summed E-state index contributed by atoms with van der Waals surface area (Å²) in [7, 11) is -0.997. The fourth-order valence-electron chi connectivity index (χ4n) is 4.02. The van der Waals surface area contributed by atoms with Gasteiger partial charge in [-0.05, 0) is 56.2 Å². The molecule has 0 aromatic heterocycles. The van der Waals surface area contributed by atoms with Crippen molar-refractivity contribution >= 4 is 15.9 Å². The van der Waals surface area contributed by atoms with Gasteiger partial charge in [0.1, 0.15) is 0 Å². The van der Waals surface area contributed by atoms with Crippen LogP contribution in [-0.4, -0.2) is 52.5 Å². The lowest BCUT2D eigenvalue weighted by Crippen LogP contribution is -2.42. The van der Waals surface area contributed by atoms with Crippen molar-refractivity contribution in [2.75, 3.05) is 33.9 Å². The van der Waals surface area contributed by atoms with E-state index in [-0.39, 0.29) is 23.9 Å². The van der Waals surface area contributed by atoms with Gasteiger partial charge in [-0.2, -0.15) is 4.31 Å². The molecule has 0 aliphatic heterocycles. The summed E-state index contributed by atoms with van der Waals surface area (Å²) in [5.74, 6) is 0.442. The Hall–Kier alpha value is -2.84. The SMILES string of the molecule is COc1ccc(S(=O)(=O)N(CCc2ccccc2)CC(=O)NCCC2=CCCCC2)cc1OC. The lowest BCUT2D eigenvalue weighted by molar-refractivity contribution is -0.121. The summed E-state index contributed by atoms with van der Waals surface area (Å²) in [6, 6.07) is 14.1. The van der Waals surface area contributed by atoms with Crippen molar-refractivity contribution in [1.29, 1.82) is 0 Å². The summed E-state index contributed by atoms with van der Waals surface area (Å²) in [5.41, 5.74) is 2.37. The predicted octanol–water partition coefficient (Wildman–Crippen LogP) is 3.94. The van der Waals surface area contributed by atoms with Gasteiger partial charge in [-0.1, -0.05) is 42.0 Å². The standard InChI is InChI=1S/C26H34N2O5S/c1-32-24-14-13-23(19-25(24)33-2)34(30,31)28(18-16-22-11-7-4-8-12-22)20-26(29)27-17-15-21-9-5-3-6-10-21/h4,7-9,11-14,19H,3,5-6,10,15-18,20H2,1-2H3,(H,27,29). The number of nitrogens with one attached hydrogen (secondary N) is 1. The van der Waals surface area contributed by atoms with Gasteiger partial charge in [0.05, 0.1) is 25.7 Å². The maximum Gasteiger partial charge on any atom is 0.243 e. The van der Waals surface area contributed by atoms with Crippen LogP contribution >= 0.6 is 0 Å². The number of benzene rings is 2. The van der Waals surface area contributed by atoms with Crippen molar-refractivity contribution in [3.05, 3.63) is 65.7 Å². The van der Waals surface area contributed by atoms with E-state index in [1.807, 2.05) is 30.3 Å². The molecule has 34 heavy (non-hydrogen) atoms. The Balaban J connectivity index is 1.73.